The predicted octanol–water partition coefficient (Wildman–Crippen LogP) is 5.39. The van der Waals surface area contributed by atoms with E-state index in [1.807, 2.05) is 53.8 Å². The summed E-state index contributed by atoms with van der Waals surface area (Å²) in [6, 6.07) is 16.2. The zero-order valence-electron chi connectivity index (χ0n) is 17.1. The topological polar surface area (TPSA) is 59.0 Å². The van der Waals surface area contributed by atoms with Crippen molar-refractivity contribution < 1.29 is 4.79 Å². The lowest BCUT2D eigenvalue weighted by atomic mass is 9.90. The van der Waals surface area contributed by atoms with Gasteiger partial charge in [0.25, 0.3) is 0 Å². The fourth-order valence-electron chi connectivity index (χ4n) is 4.15. The zero-order chi connectivity index (χ0) is 21.0. The van der Waals surface area contributed by atoms with Gasteiger partial charge in [0.2, 0.25) is 5.91 Å². The molecule has 4 aromatic rings. The highest BCUT2D eigenvalue weighted by Gasteiger charge is 2.25. The van der Waals surface area contributed by atoms with Crippen molar-refractivity contribution in [2.24, 2.45) is 0 Å². The van der Waals surface area contributed by atoms with Crippen LogP contribution in [0.2, 0.25) is 0 Å². The Bertz CT molecular complexity index is 1190. The Labute approximate surface area is 181 Å². The number of hydrogen-bond acceptors (Lipinski definition) is 4. The van der Waals surface area contributed by atoms with E-state index in [0.29, 0.717) is 6.42 Å². The number of aromatic nitrogens is 3. The van der Waals surface area contributed by atoms with Gasteiger partial charge in [0.1, 0.15) is 0 Å². The maximum absolute atomic E-state index is 12.9. The lowest BCUT2D eigenvalue weighted by molar-refractivity contribution is -0.119. The molecular formula is C26H22N4O. The molecule has 1 aliphatic rings. The Hall–Kier alpha value is -3.86. The van der Waals surface area contributed by atoms with Crippen LogP contribution in [0.15, 0.2) is 85.7 Å². The monoisotopic (exact) mass is 406 g/mol. The number of benzene rings is 1. The van der Waals surface area contributed by atoms with Gasteiger partial charge in [-0.15, -0.1) is 0 Å². The molecule has 0 unspecified atom stereocenters. The van der Waals surface area contributed by atoms with Crippen molar-refractivity contribution in [1.82, 2.24) is 15.0 Å². The lowest BCUT2D eigenvalue weighted by Crippen LogP contribution is -2.35. The van der Waals surface area contributed by atoms with Crippen LogP contribution in [0.4, 0.5) is 5.69 Å². The second kappa shape index (κ2) is 8.48. The second-order valence-corrected chi connectivity index (χ2v) is 7.64. The highest BCUT2D eigenvalue weighted by atomic mass is 16.2. The van der Waals surface area contributed by atoms with Gasteiger partial charge in [0.15, 0.2) is 0 Å². The molecule has 3 aromatic heterocycles. The molecule has 5 rings (SSSR count). The number of piperidine rings is 1. The standard InChI is InChI=1S/C26H22N4O/c31-26-9-1-2-13-30(26)25-15-23(20-7-4-11-28-17-20)22(19-6-3-10-27-16-19)14-24(25)21-8-5-12-29-18-21/h3-8,10-12,14-18H,1-2,9,13H2. The zero-order valence-corrected chi connectivity index (χ0v) is 17.1. The summed E-state index contributed by atoms with van der Waals surface area (Å²) in [5, 5.41) is 0. The third-order valence-corrected chi connectivity index (χ3v) is 5.67. The Kier molecular flexibility index (Phi) is 5.23. The number of pyridine rings is 3. The first kappa shape index (κ1) is 19.1. The Balaban J connectivity index is 1.80. The van der Waals surface area contributed by atoms with Gasteiger partial charge in [0, 0.05) is 72.4 Å². The van der Waals surface area contributed by atoms with Gasteiger partial charge < -0.3 is 4.90 Å². The van der Waals surface area contributed by atoms with Gasteiger partial charge >= 0.3 is 0 Å². The number of carbonyl (C=O) groups excluding carboxylic acids is 1. The molecule has 0 N–H and O–H groups in total. The minimum atomic E-state index is 0.169. The van der Waals surface area contributed by atoms with Crippen LogP contribution in [-0.2, 0) is 4.79 Å². The minimum absolute atomic E-state index is 0.169. The van der Waals surface area contributed by atoms with Crippen LogP contribution >= 0.6 is 0 Å². The van der Waals surface area contributed by atoms with E-state index in [-0.39, 0.29) is 5.91 Å². The smallest absolute Gasteiger partial charge is 0.226 e. The molecule has 1 saturated heterocycles. The van der Waals surface area contributed by atoms with Gasteiger partial charge in [-0.2, -0.15) is 0 Å². The fourth-order valence-corrected chi connectivity index (χ4v) is 4.15. The first-order valence-corrected chi connectivity index (χ1v) is 10.5. The van der Waals surface area contributed by atoms with Gasteiger partial charge in [-0.25, -0.2) is 0 Å². The fraction of sp³-hybridized carbons (Fsp3) is 0.154. The molecule has 0 saturated carbocycles. The summed E-state index contributed by atoms with van der Waals surface area (Å²) in [7, 11) is 0. The molecule has 0 spiro atoms. The molecule has 1 aliphatic heterocycles. The molecule has 1 amide bonds. The Morgan fingerprint density at radius 3 is 1.74 bits per heavy atom. The SMILES string of the molecule is O=C1CCCCN1c1cc(-c2cccnc2)c(-c2cccnc2)cc1-c1cccnc1. The van der Waals surface area contributed by atoms with E-state index in [1.54, 1.807) is 18.6 Å². The molecule has 152 valence electrons. The Morgan fingerprint density at radius 1 is 0.677 bits per heavy atom. The third-order valence-electron chi connectivity index (χ3n) is 5.67. The van der Waals surface area contributed by atoms with Crippen molar-refractivity contribution in [3.63, 3.8) is 0 Å². The number of anilines is 1. The highest BCUT2D eigenvalue weighted by Crippen LogP contribution is 2.42. The van der Waals surface area contributed by atoms with Crippen LogP contribution in [0.1, 0.15) is 19.3 Å². The maximum atomic E-state index is 12.9. The van der Waals surface area contributed by atoms with E-state index >= 15 is 0 Å². The van der Waals surface area contributed by atoms with Crippen LogP contribution in [0.5, 0.6) is 0 Å². The van der Waals surface area contributed by atoms with Crippen LogP contribution in [0.3, 0.4) is 0 Å². The van der Waals surface area contributed by atoms with E-state index in [9.17, 15) is 4.79 Å². The number of hydrogen-bond donors (Lipinski definition) is 0. The van der Waals surface area contributed by atoms with E-state index in [4.69, 9.17) is 0 Å². The van der Waals surface area contributed by atoms with Crippen molar-refractivity contribution in [2.75, 3.05) is 11.4 Å². The minimum Gasteiger partial charge on any atom is -0.312 e. The summed E-state index contributed by atoms with van der Waals surface area (Å²) in [5.74, 6) is 0.169. The van der Waals surface area contributed by atoms with Gasteiger partial charge in [-0.1, -0.05) is 18.2 Å². The number of nitrogens with zero attached hydrogens (tertiary/aromatic N) is 4. The van der Waals surface area contributed by atoms with Gasteiger partial charge in [0.05, 0.1) is 5.69 Å². The maximum Gasteiger partial charge on any atom is 0.226 e. The lowest BCUT2D eigenvalue weighted by Gasteiger charge is -2.30. The third kappa shape index (κ3) is 3.82. The second-order valence-electron chi connectivity index (χ2n) is 7.64. The van der Waals surface area contributed by atoms with E-state index in [1.165, 1.54) is 0 Å². The summed E-state index contributed by atoms with van der Waals surface area (Å²) in [6.45, 7) is 0.727. The summed E-state index contributed by atoms with van der Waals surface area (Å²) < 4.78 is 0. The average Bonchev–Trinajstić information content (AvgIpc) is 2.85. The molecule has 1 fully saturated rings. The molecular weight excluding hydrogens is 384 g/mol. The van der Waals surface area contributed by atoms with Crippen LogP contribution in [0.25, 0.3) is 33.4 Å². The van der Waals surface area contributed by atoms with Crippen molar-refractivity contribution in [2.45, 2.75) is 19.3 Å². The van der Waals surface area contributed by atoms with Crippen LogP contribution < -0.4 is 4.90 Å². The van der Waals surface area contributed by atoms with Crippen LogP contribution in [-0.4, -0.2) is 27.4 Å². The highest BCUT2D eigenvalue weighted by molar-refractivity contribution is 6.01. The Morgan fingerprint density at radius 2 is 1.23 bits per heavy atom. The molecule has 0 bridgehead atoms. The first-order valence-electron chi connectivity index (χ1n) is 10.5. The van der Waals surface area contributed by atoms with E-state index in [2.05, 4.69) is 33.2 Å². The van der Waals surface area contributed by atoms with E-state index < -0.39 is 0 Å². The van der Waals surface area contributed by atoms with Crippen molar-refractivity contribution in [3.8, 4) is 33.4 Å². The number of rotatable bonds is 4. The molecule has 0 atom stereocenters. The summed E-state index contributed by atoms with van der Waals surface area (Å²) in [6.07, 6.45) is 13.4. The number of amides is 1. The largest absolute Gasteiger partial charge is 0.312 e. The predicted molar refractivity (Wildman–Crippen MR) is 122 cm³/mol. The van der Waals surface area contributed by atoms with Crippen molar-refractivity contribution in [3.05, 3.63) is 85.7 Å². The van der Waals surface area contributed by atoms with Crippen LogP contribution in [0, 0.1) is 0 Å². The summed E-state index contributed by atoms with van der Waals surface area (Å²) in [5.41, 5.74) is 7.00. The number of carbonyl (C=O) groups is 1. The molecule has 0 aliphatic carbocycles. The average molecular weight is 406 g/mol. The molecule has 5 heteroatoms. The molecule has 0 radical (unpaired) electrons. The molecule has 31 heavy (non-hydrogen) atoms. The van der Waals surface area contributed by atoms with Gasteiger partial charge in [-0.3, -0.25) is 19.7 Å². The molecule has 5 nitrogen and oxygen atoms in total. The van der Waals surface area contributed by atoms with Crippen molar-refractivity contribution >= 4 is 11.6 Å². The molecule has 4 heterocycles. The van der Waals surface area contributed by atoms with Gasteiger partial charge in [-0.05, 0) is 54.3 Å². The normalized spacial score (nSPS) is 13.9. The molecule has 1 aromatic carbocycles. The first-order chi connectivity index (χ1) is 15.3. The van der Waals surface area contributed by atoms with Crippen molar-refractivity contribution in [1.29, 1.82) is 0 Å². The summed E-state index contributed by atoms with van der Waals surface area (Å²) in [4.78, 5) is 27.8. The quantitative estimate of drug-likeness (QED) is 0.456. The van der Waals surface area contributed by atoms with E-state index in [0.717, 1.165) is 58.5 Å². The summed E-state index contributed by atoms with van der Waals surface area (Å²) >= 11 is 0.